The van der Waals surface area contributed by atoms with Crippen molar-refractivity contribution in [1.29, 1.82) is 0 Å². The smallest absolute Gasteiger partial charge is 0.155 e. The highest BCUT2D eigenvalue weighted by Crippen LogP contribution is 2.68. The lowest BCUT2D eigenvalue weighted by atomic mass is 9.46. The topological polar surface area (TPSA) is 63.3 Å². The molecular weight excluding hydrogens is 406 g/mol. The van der Waals surface area contributed by atoms with E-state index in [-0.39, 0.29) is 10.8 Å². The van der Waals surface area contributed by atoms with Crippen molar-refractivity contribution in [3.63, 3.8) is 0 Å². The minimum Gasteiger partial charge on any atom is -0.399 e. The van der Waals surface area contributed by atoms with Crippen molar-refractivity contribution in [3.05, 3.63) is 41.5 Å². The van der Waals surface area contributed by atoms with Crippen LogP contribution in [0.3, 0.4) is 0 Å². The first-order chi connectivity index (χ1) is 15.5. The van der Waals surface area contributed by atoms with Gasteiger partial charge in [0, 0.05) is 22.9 Å². The van der Waals surface area contributed by atoms with E-state index in [1.54, 1.807) is 0 Å². The van der Waals surface area contributed by atoms with Crippen LogP contribution in [0.4, 0.5) is 5.69 Å². The first-order valence-corrected chi connectivity index (χ1v) is 12.9. The maximum absolute atomic E-state index is 12.2. The Hall–Kier alpha value is -2.05. The van der Waals surface area contributed by atoms with Crippen molar-refractivity contribution in [2.24, 2.45) is 34.5 Å². The Morgan fingerprint density at radius 1 is 1.06 bits per heavy atom. The minimum atomic E-state index is -0.944. The van der Waals surface area contributed by atoms with Crippen LogP contribution in [0.5, 0.6) is 0 Å². The molecular formula is C30H39NO2. The van der Waals surface area contributed by atoms with Gasteiger partial charge in [0.2, 0.25) is 0 Å². The molecule has 0 spiro atoms. The fourth-order valence-corrected chi connectivity index (χ4v) is 7.89. The zero-order valence-electron chi connectivity index (χ0n) is 20.7. The van der Waals surface area contributed by atoms with Crippen molar-refractivity contribution >= 4 is 11.5 Å². The number of nitrogen functional groups attached to an aromatic ring is 1. The van der Waals surface area contributed by atoms with Crippen LogP contribution in [0.25, 0.3) is 0 Å². The van der Waals surface area contributed by atoms with Crippen LogP contribution in [0.15, 0.2) is 35.9 Å². The van der Waals surface area contributed by atoms with Gasteiger partial charge >= 0.3 is 0 Å². The first kappa shape index (κ1) is 22.7. The summed E-state index contributed by atoms with van der Waals surface area (Å²) in [5.74, 6) is 9.49. The highest BCUT2D eigenvalue weighted by Gasteiger charge is 2.64. The van der Waals surface area contributed by atoms with E-state index in [0.717, 1.165) is 44.2 Å². The normalized spacial score (nSPS) is 40.1. The molecule has 3 nitrogen and oxygen atoms in total. The molecule has 1 aromatic carbocycles. The Kier molecular flexibility index (Phi) is 5.33. The van der Waals surface area contributed by atoms with Gasteiger partial charge in [-0.1, -0.05) is 36.5 Å². The van der Waals surface area contributed by atoms with Gasteiger partial charge in [0.25, 0.3) is 0 Å². The molecule has 7 atom stereocenters. The molecule has 0 bridgehead atoms. The van der Waals surface area contributed by atoms with Gasteiger partial charge in [-0.15, -0.1) is 0 Å². The quantitative estimate of drug-likeness (QED) is 0.419. The zero-order valence-corrected chi connectivity index (χ0v) is 20.7. The Morgan fingerprint density at radius 3 is 2.48 bits per heavy atom. The highest BCUT2D eigenvalue weighted by molar-refractivity contribution is 5.91. The number of rotatable bonds is 1. The molecule has 1 aromatic rings. The van der Waals surface area contributed by atoms with Gasteiger partial charge in [0.15, 0.2) is 5.78 Å². The molecule has 3 N–H and O–H groups in total. The summed E-state index contributed by atoms with van der Waals surface area (Å²) < 4.78 is 0. The Bertz CT molecular complexity index is 1040. The number of fused-ring (bicyclic) bond motifs is 5. The average molecular weight is 446 g/mol. The average Bonchev–Trinajstić information content (AvgIpc) is 3.02. The number of carbonyl (C=O) groups excluding carboxylic acids is 1. The van der Waals surface area contributed by atoms with Crippen LogP contribution in [-0.4, -0.2) is 16.5 Å². The fourth-order valence-electron chi connectivity index (χ4n) is 7.89. The molecule has 4 aliphatic rings. The van der Waals surface area contributed by atoms with Gasteiger partial charge in [-0.2, -0.15) is 0 Å². The van der Waals surface area contributed by atoms with Crippen LogP contribution in [-0.2, 0) is 4.79 Å². The SMILES string of the molecule is CC(C)(C)C#C[C@]1(O)CC[C@H]2C3CCC4=CC(=O)CC[C@@H]4[C@H]3[C@@H](c3ccc(N)cc3)C[C@@]21C. The summed E-state index contributed by atoms with van der Waals surface area (Å²) in [6, 6.07) is 8.43. The molecule has 1 unspecified atom stereocenters. The molecule has 0 amide bonds. The summed E-state index contributed by atoms with van der Waals surface area (Å²) in [4.78, 5) is 12.2. The van der Waals surface area contributed by atoms with E-state index in [0.29, 0.717) is 41.8 Å². The number of nitrogens with two attached hydrogens (primary N) is 1. The predicted molar refractivity (Wildman–Crippen MR) is 133 cm³/mol. The van der Waals surface area contributed by atoms with Crippen molar-refractivity contribution < 1.29 is 9.90 Å². The van der Waals surface area contributed by atoms with E-state index < -0.39 is 5.60 Å². The summed E-state index contributed by atoms with van der Waals surface area (Å²) in [5.41, 5.74) is 8.24. The van der Waals surface area contributed by atoms with Gasteiger partial charge in [-0.05, 0) is 113 Å². The monoisotopic (exact) mass is 445 g/mol. The van der Waals surface area contributed by atoms with Gasteiger partial charge in [-0.25, -0.2) is 0 Å². The molecule has 0 heterocycles. The van der Waals surface area contributed by atoms with Crippen LogP contribution < -0.4 is 5.73 Å². The maximum Gasteiger partial charge on any atom is 0.155 e. The molecule has 3 heteroatoms. The second-order valence-corrected chi connectivity index (χ2v) is 12.5. The number of hydrogen-bond acceptors (Lipinski definition) is 3. The molecule has 33 heavy (non-hydrogen) atoms. The standard InChI is InChI=1S/C30H39NO2/c1-28(2,3)15-16-30(33)14-13-26-24-11-7-20-17-22(32)10-12-23(20)27(24)25(18-29(26,30)4)19-5-8-21(31)9-6-19/h5-6,8-9,17,23-27,33H,7,10-14,18,31H2,1-4H3/t23-,24?,25+,26-,27+,29-,30+/m0/s1. The van der Waals surface area contributed by atoms with Crippen LogP contribution in [0, 0.1) is 46.3 Å². The van der Waals surface area contributed by atoms with Crippen molar-refractivity contribution in [1.82, 2.24) is 0 Å². The van der Waals surface area contributed by atoms with E-state index >= 15 is 0 Å². The molecule has 176 valence electrons. The predicted octanol–water partition coefficient (Wildman–Crippen LogP) is 5.88. The number of hydrogen-bond donors (Lipinski definition) is 2. The molecule has 0 aromatic heterocycles. The van der Waals surface area contributed by atoms with Crippen molar-refractivity contribution in [3.8, 4) is 11.8 Å². The van der Waals surface area contributed by atoms with Crippen LogP contribution in [0.2, 0.25) is 0 Å². The molecule has 3 saturated carbocycles. The minimum absolute atomic E-state index is 0.128. The molecule has 5 rings (SSSR count). The number of benzene rings is 1. The molecule has 0 aliphatic heterocycles. The second kappa shape index (κ2) is 7.74. The molecule has 0 saturated heterocycles. The second-order valence-electron chi connectivity index (χ2n) is 12.5. The highest BCUT2D eigenvalue weighted by atomic mass is 16.3. The lowest BCUT2D eigenvalue weighted by Gasteiger charge is -2.58. The largest absolute Gasteiger partial charge is 0.399 e. The Balaban J connectivity index is 1.60. The third kappa shape index (κ3) is 3.75. The lowest BCUT2D eigenvalue weighted by Crippen LogP contribution is -2.54. The summed E-state index contributed by atoms with van der Waals surface area (Å²) in [6.07, 6.45) is 8.53. The van der Waals surface area contributed by atoms with Crippen molar-refractivity contribution in [2.75, 3.05) is 5.73 Å². The van der Waals surface area contributed by atoms with Gasteiger partial charge in [-0.3, -0.25) is 4.79 Å². The number of anilines is 1. The zero-order chi connectivity index (χ0) is 23.6. The third-order valence-corrected chi connectivity index (χ3v) is 9.46. The number of allylic oxidation sites excluding steroid dienone is 1. The third-order valence-electron chi connectivity index (χ3n) is 9.46. The van der Waals surface area contributed by atoms with E-state index in [2.05, 4.69) is 51.7 Å². The first-order valence-electron chi connectivity index (χ1n) is 12.9. The molecule has 3 fully saturated rings. The van der Waals surface area contributed by atoms with Crippen molar-refractivity contribution in [2.45, 2.75) is 84.2 Å². The number of carbonyl (C=O) groups is 1. The summed E-state index contributed by atoms with van der Waals surface area (Å²) in [6.45, 7) is 8.67. The molecule has 4 aliphatic carbocycles. The summed E-state index contributed by atoms with van der Waals surface area (Å²) >= 11 is 0. The molecule has 0 radical (unpaired) electrons. The van der Waals surface area contributed by atoms with E-state index in [4.69, 9.17) is 5.73 Å². The van der Waals surface area contributed by atoms with E-state index in [1.165, 1.54) is 11.1 Å². The fraction of sp³-hybridized carbons (Fsp3) is 0.633. The summed E-state index contributed by atoms with van der Waals surface area (Å²) in [7, 11) is 0. The lowest BCUT2D eigenvalue weighted by molar-refractivity contribution is -0.117. The van der Waals surface area contributed by atoms with Gasteiger partial charge < -0.3 is 10.8 Å². The van der Waals surface area contributed by atoms with E-state index in [1.807, 2.05) is 18.2 Å². The Morgan fingerprint density at radius 2 is 1.79 bits per heavy atom. The van der Waals surface area contributed by atoms with Crippen LogP contribution >= 0.6 is 0 Å². The maximum atomic E-state index is 12.2. The summed E-state index contributed by atoms with van der Waals surface area (Å²) in [5, 5.41) is 12.0. The van der Waals surface area contributed by atoms with Gasteiger partial charge in [0.1, 0.15) is 5.60 Å². The van der Waals surface area contributed by atoms with E-state index in [9.17, 15) is 9.90 Å². The van der Waals surface area contributed by atoms with Crippen LogP contribution in [0.1, 0.15) is 84.1 Å². The Labute approximate surface area is 199 Å². The number of aliphatic hydroxyl groups is 1. The number of ketones is 1. The van der Waals surface area contributed by atoms with Gasteiger partial charge in [0.05, 0.1) is 0 Å².